The summed E-state index contributed by atoms with van der Waals surface area (Å²) in [4.78, 5) is 25.9. The van der Waals surface area contributed by atoms with E-state index in [9.17, 15) is 9.59 Å². The Morgan fingerprint density at radius 2 is 2.19 bits per heavy atom. The zero-order chi connectivity index (χ0) is 14.8. The normalized spacial score (nSPS) is 18.0. The lowest BCUT2D eigenvalue weighted by Crippen LogP contribution is -2.35. The summed E-state index contributed by atoms with van der Waals surface area (Å²) in [6.07, 6.45) is 2.09. The Balaban J connectivity index is 1.90. The lowest BCUT2D eigenvalue weighted by atomic mass is 10.1. The number of amides is 1. The average molecular weight is 287 g/mol. The highest BCUT2D eigenvalue weighted by atomic mass is 16.5. The molecule has 0 aliphatic carbocycles. The molecule has 6 nitrogen and oxygen atoms in total. The third-order valence-electron chi connectivity index (χ3n) is 3.75. The SMILES string of the molecule is CN(CC1CCCO1)C(=O)c1n[nH]c(=O)c2ccccc12. The molecule has 1 fully saturated rings. The van der Waals surface area contributed by atoms with Crippen LogP contribution in [-0.4, -0.2) is 47.3 Å². The zero-order valence-corrected chi connectivity index (χ0v) is 11.8. The smallest absolute Gasteiger partial charge is 0.274 e. The first-order chi connectivity index (χ1) is 10.2. The molecule has 2 aromatic rings. The summed E-state index contributed by atoms with van der Waals surface area (Å²) in [5.74, 6) is -0.210. The van der Waals surface area contributed by atoms with Crippen LogP contribution < -0.4 is 5.56 Å². The van der Waals surface area contributed by atoms with Crippen molar-refractivity contribution in [2.45, 2.75) is 18.9 Å². The van der Waals surface area contributed by atoms with E-state index in [-0.39, 0.29) is 23.3 Å². The minimum atomic E-state index is -0.288. The summed E-state index contributed by atoms with van der Waals surface area (Å²) >= 11 is 0. The molecule has 1 aliphatic rings. The Hall–Kier alpha value is -2.21. The van der Waals surface area contributed by atoms with Crippen LogP contribution in [0.1, 0.15) is 23.3 Å². The molecule has 1 atom stereocenters. The number of carbonyl (C=O) groups is 1. The number of rotatable bonds is 3. The average Bonchev–Trinajstić information content (AvgIpc) is 3.00. The fourth-order valence-corrected chi connectivity index (χ4v) is 2.64. The van der Waals surface area contributed by atoms with Crippen LogP contribution in [0.3, 0.4) is 0 Å². The molecule has 6 heteroatoms. The fourth-order valence-electron chi connectivity index (χ4n) is 2.64. The van der Waals surface area contributed by atoms with Gasteiger partial charge < -0.3 is 9.64 Å². The van der Waals surface area contributed by atoms with Crippen LogP contribution in [0, 0.1) is 0 Å². The minimum Gasteiger partial charge on any atom is -0.376 e. The number of likely N-dealkylation sites (N-methyl/N-ethyl adjacent to an activating group) is 1. The summed E-state index contributed by atoms with van der Waals surface area (Å²) in [7, 11) is 1.73. The monoisotopic (exact) mass is 287 g/mol. The van der Waals surface area contributed by atoms with Crippen LogP contribution in [0.15, 0.2) is 29.1 Å². The van der Waals surface area contributed by atoms with Gasteiger partial charge in [-0.1, -0.05) is 18.2 Å². The number of fused-ring (bicyclic) bond motifs is 1. The molecule has 0 radical (unpaired) electrons. The number of nitrogens with zero attached hydrogens (tertiary/aromatic N) is 2. The molecule has 2 heterocycles. The van der Waals surface area contributed by atoms with E-state index >= 15 is 0 Å². The highest BCUT2D eigenvalue weighted by Crippen LogP contribution is 2.16. The van der Waals surface area contributed by atoms with Gasteiger partial charge in [0.2, 0.25) is 0 Å². The highest BCUT2D eigenvalue weighted by molar-refractivity contribution is 6.04. The lowest BCUT2D eigenvalue weighted by Gasteiger charge is -2.20. The van der Waals surface area contributed by atoms with Crippen molar-refractivity contribution in [3.63, 3.8) is 0 Å². The second kappa shape index (κ2) is 5.65. The maximum atomic E-state index is 12.5. The van der Waals surface area contributed by atoms with Gasteiger partial charge in [-0.05, 0) is 18.9 Å². The van der Waals surface area contributed by atoms with E-state index in [4.69, 9.17) is 4.74 Å². The summed E-state index contributed by atoms with van der Waals surface area (Å²) in [6.45, 7) is 1.29. The standard InChI is InChI=1S/C15H17N3O3/c1-18(9-10-5-4-8-21-10)15(20)13-11-6-2-3-7-12(11)14(19)17-16-13/h2-3,6-7,10H,4-5,8-9H2,1H3,(H,17,19). The highest BCUT2D eigenvalue weighted by Gasteiger charge is 2.23. The summed E-state index contributed by atoms with van der Waals surface area (Å²) < 4.78 is 5.54. The molecule has 1 unspecified atom stereocenters. The maximum Gasteiger partial charge on any atom is 0.274 e. The van der Waals surface area contributed by atoms with Crippen molar-refractivity contribution >= 4 is 16.7 Å². The number of benzene rings is 1. The molecule has 1 aromatic heterocycles. The molecule has 0 saturated carbocycles. The van der Waals surface area contributed by atoms with Crippen LogP contribution in [-0.2, 0) is 4.74 Å². The van der Waals surface area contributed by atoms with Crippen LogP contribution in [0.2, 0.25) is 0 Å². The molecular formula is C15H17N3O3. The predicted molar refractivity (Wildman–Crippen MR) is 78.3 cm³/mol. The lowest BCUT2D eigenvalue weighted by molar-refractivity contribution is 0.0583. The van der Waals surface area contributed by atoms with Gasteiger partial charge >= 0.3 is 0 Å². The van der Waals surface area contributed by atoms with Gasteiger partial charge in [0.05, 0.1) is 11.5 Å². The Labute approximate surface area is 121 Å². The molecule has 3 rings (SSSR count). The number of ether oxygens (including phenoxy) is 1. The second-order valence-corrected chi connectivity index (χ2v) is 5.27. The number of hydrogen-bond donors (Lipinski definition) is 1. The van der Waals surface area contributed by atoms with Gasteiger partial charge in [-0.25, -0.2) is 5.10 Å². The number of aromatic amines is 1. The van der Waals surface area contributed by atoms with Crippen molar-refractivity contribution in [2.75, 3.05) is 20.2 Å². The molecule has 110 valence electrons. The van der Waals surface area contributed by atoms with Gasteiger partial charge in [0.1, 0.15) is 0 Å². The van der Waals surface area contributed by atoms with E-state index in [1.54, 1.807) is 36.2 Å². The first kappa shape index (κ1) is 13.8. The fraction of sp³-hybridized carbons (Fsp3) is 0.400. The molecule has 1 N–H and O–H groups in total. The molecular weight excluding hydrogens is 270 g/mol. The number of nitrogens with one attached hydrogen (secondary N) is 1. The van der Waals surface area contributed by atoms with Crippen LogP contribution in [0.5, 0.6) is 0 Å². The van der Waals surface area contributed by atoms with E-state index < -0.39 is 0 Å². The van der Waals surface area contributed by atoms with Crippen molar-refractivity contribution in [1.82, 2.24) is 15.1 Å². The Morgan fingerprint density at radius 1 is 1.43 bits per heavy atom. The predicted octanol–water partition coefficient (Wildman–Crippen LogP) is 1.17. The van der Waals surface area contributed by atoms with Gasteiger partial charge in [-0.15, -0.1) is 0 Å². The van der Waals surface area contributed by atoms with Crippen molar-refractivity contribution in [3.8, 4) is 0 Å². The van der Waals surface area contributed by atoms with Gasteiger partial charge in [-0.3, -0.25) is 9.59 Å². The quantitative estimate of drug-likeness (QED) is 0.919. The van der Waals surface area contributed by atoms with Gasteiger partial charge in [0.25, 0.3) is 11.5 Å². The zero-order valence-electron chi connectivity index (χ0n) is 11.8. The Bertz CT molecular complexity index is 719. The second-order valence-electron chi connectivity index (χ2n) is 5.27. The molecule has 1 saturated heterocycles. The first-order valence-electron chi connectivity index (χ1n) is 7.01. The van der Waals surface area contributed by atoms with E-state index in [1.165, 1.54) is 0 Å². The van der Waals surface area contributed by atoms with E-state index in [2.05, 4.69) is 10.2 Å². The van der Waals surface area contributed by atoms with Crippen LogP contribution in [0.25, 0.3) is 10.8 Å². The van der Waals surface area contributed by atoms with Crippen molar-refractivity contribution < 1.29 is 9.53 Å². The number of H-pyrrole nitrogens is 1. The largest absolute Gasteiger partial charge is 0.376 e. The van der Waals surface area contributed by atoms with Crippen molar-refractivity contribution in [2.24, 2.45) is 0 Å². The molecule has 1 amide bonds. The van der Waals surface area contributed by atoms with E-state index in [0.717, 1.165) is 19.4 Å². The maximum absolute atomic E-state index is 12.5. The first-order valence-corrected chi connectivity index (χ1v) is 7.01. The topological polar surface area (TPSA) is 75.3 Å². The third kappa shape index (κ3) is 2.67. The Morgan fingerprint density at radius 3 is 2.90 bits per heavy atom. The van der Waals surface area contributed by atoms with Crippen LogP contribution >= 0.6 is 0 Å². The number of carbonyl (C=O) groups excluding carboxylic acids is 1. The minimum absolute atomic E-state index is 0.0907. The van der Waals surface area contributed by atoms with E-state index in [0.29, 0.717) is 17.3 Å². The summed E-state index contributed by atoms with van der Waals surface area (Å²) in [6, 6.07) is 6.99. The van der Waals surface area contributed by atoms with Gasteiger partial charge in [-0.2, -0.15) is 5.10 Å². The molecule has 1 aliphatic heterocycles. The van der Waals surface area contributed by atoms with Crippen LogP contribution in [0.4, 0.5) is 0 Å². The Kier molecular flexibility index (Phi) is 3.70. The molecule has 21 heavy (non-hydrogen) atoms. The molecule has 1 aromatic carbocycles. The third-order valence-corrected chi connectivity index (χ3v) is 3.75. The van der Waals surface area contributed by atoms with E-state index in [1.807, 2.05) is 0 Å². The van der Waals surface area contributed by atoms with Crippen molar-refractivity contribution in [3.05, 3.63) is 40.3 Å². The number of hydrogen-bond acceptors (Lipinski definition) is 4. The number of aromatic nitrogens is 2. The van der Waals surface area contributed by atoms with Gasteiger partial charge in [0.15, 0.2) is 5.69 Å². The van der Waals surface area contributed by atoms with Crippen molar-refractivity contribution in [1.29, 1.82) is 0 Å². The summed E-state index contributed by atoms with van der Waals surface area (Å²) in [5, 5.41) is 7.37. The molecule has 0 bridgehead atoms. The summed E-state index contributed by atoms with van der Waals surface area (Å²) in [5.41, 5.74) is -0.0189. The van der Waals surface area contributed by atoms with Gasteiger partial charge in [0, 0.05) is 25.6 Å². The molecule has 0 spiro atoms.